The number of anilines is 3. The van der Waals surface area contributed by atoms with Crippen molar-refractivity contribution < 1.29 is 19.2 Å². The van der Waals surface area contributed by atoms with Gasteiger partial charge >= 0.3 is 0 Å². The molecule has 0 bridgehead atoms. The highest BCUT2D eigenvalue weighted by Crippen LogP contribution is 2.31. The van der Waals surface area contributed by atoms with Gasteiger partial charge in [0.15, 0.2) is 5.82 Å². The molecule has 140 valence electrons. The van der Waals surface area contributed by atoms with E-state index in [0.29, 0.717) is 0 Å². The Kier molecular flexibility index (Phi) is 3.35. The first kappa shape index (κ1) is 16.8. The summed E-state index contributed by atoms with van der Waals surface area (Å²) in [6.07, 6.45) is 0. The summed E-state index contributed by atoms with van der Waals surface area (Å²) in [5, 5.41) is 0. The van der Waals surface area contributed by atoms with E-state index in [4.69, 9.17) is 5.73 Å². The third kappa shape index (κ3) is 2.27. The van der Waals surface area contributed by atoms with Crippen molar-refractivity contribution in [1.82, 2.24) is 9.97 Å². The van der Waals surface area contributed by atoms with E-state index in [1.54, 1.807) is 24.3 Å². The summed E-state index contributed by atoms with van der Waals surface area (Å²) in [5.41, 5.74) is 6.73. The van der Waals surface area contributed by atoms with Crippen LogP contribution in [-0.2, 0) is 0 Å². The molecule has 9 nitrogen and oxygen atoms in total. The predicted octanol–water partition coefficient (Wildman–Crippen LogP) is 1.66. The fraction of sp³-hybridized carbons (Fsp3) is 0. The fourth-order valence-corrected chi connectivity index (χ4v) is 3.42. The molecule has 0 saturated heterocycles. The number of benzene rings is 2. The lowest BCUT2D eigenvalue weighted by Gasteiger charge is -2.17. The molecule has 0 spiro atoms. The van der Waals surface area contributed by atoms with Gasteiger partial charge in [0.2, 0.25) is 5.95 Å². The van der Waals surface area contributed by atoms with Crippen LogP contribution in [0, 0.1) is 0 Å². The summed E-state index contributed by atoms with van der Waals surface area (Å²) in [6.45, 7) is 0. The van der Waals surface area contributed by atoms with Gasteiger partial charge in [0.05, 0.1) is 22.3 Å². The van der Waals surface area contributed by atoms with E-state index in [-0.39, 0.29) is 39.8 Å². The van der Waals surface area contributed by atoms with Crippen LogP contribution in [-0.4, -0.2) is 33.6 Å². The third-order valence-electron chi connectivity index (χ3n) is 4.74. The lowest BCUT2D eigenvalue weighted by atomic mass is 10.1. The van der Waals surface area contributed by atoms with E-state index >= 15 is 0 Å². The highest BCUT2D eigenvalue weighted by molar-refractivity contribution is 6.35. The second-order valence-electron chi connectivity index (χ2n) is 6.43. The number of carbonyl (C=O) groups excluding carboxylic acids is 4. The minimum Gasteiger partial charge on any atom is -0.383 e. The predicted molar refractivity (Wildman–Crippen MR) is 102 cm³/mol. The van der Waals surface area contributed by atoms with Gasteiger partial charge in [-0.05, 0) is 24.3 Å². The molecule has 3 heterocycles. The highest BCUT2D eigenvalue weighted by atomic mass is 16.2. The number of aromatic nitrogens is 2. The second-order valence-corrected chi connectivity index (χ2v) is 6.43. The number of nitrogens with zero attached hydrogens (tertiary/aromatic N) is 4. The first-order valence-corrected chi connectivity index (χ1v) is 8.57. The average molecular weight is 385 g/mol. The molecule has 0 aliphatic carbocycles. The summed E-state index contributed by atoms with van der Waals surface area (Å²) in [7, 11) is 0. The van der Waals surface area contributed by atoms with Gasteiger partial charge in [0, 0.05) is 6.07 Å². The van der Waals surface area contributed by atoms with Gasteiger partial charge in [0.25, 0.3) is 23.6 Å². The van der Waals surface area contributed by atoms with Gasteiger partial charge in [-0.1, -0.05) is 24.3 Å². The Morgan fingerprint density at radius 1 is 0.621 bits per heavy atom. The van der Waals surface area contributed by atoms with E-state index in [1.807, 2.05) is 0 Å². The number of fused-ring (bicyclic) bond motifs is 2. The Balaban J connectivity index is 1.60. The molecule has 9 heteroatoms. The van der Waals surface area contributed by atoms with Gasteiger partial charge in [-0.25, -0.2) is 9.80 Å². The lowest BCUT2D eigenvalue weighted by Crippen LogP contribution is -2.34. The third-order valence-corrected chi connectivity index (χ3v) is 4.74. The largest absolute Gasteiger partial charge is 0.383 e. The molecule has 3 aromatic rings. The number of imide groups is 2. The van der Waals surface area contributed by atoms with Gasteiger partial charge in [-0.3, -0.25) is 19.2 Å². The summed E-state index contributed by atoms with van der Waals surface area (Å²) >= 11 is 0. The first-order valence-electron chi connectivity index (χ1n) is 8.57. The molecule has 2 aromatic carbocycles. The van der Waals surface area contributed by atoms with Crippen molar-refractivity contribution >= 4 is 41.2 Å². The number of hydrogen-bond acceptors (Lipinski definition) is 7. The van der Waals surface area contributed by atoms with Crippen LogP contribution < -0.4 is 15.5 Å². The first-order chi connectivity index (χ1) is 14.0. The number of hydrogen-bond donors (Lipinski definition) is 1. The van der Waals surface area contributed by atoms with E-state index < -0.39 is 23.6 Å². The summed E-state index contributed by atoms with van der Waals surface area (Å²) < 4.78 is 0. The Morgan fingerprint density at radius 2 is 1.03 bits per heavy atom. The Hall–Kier alpha value is -4.40. The van der Waals surface area contributed by atoms with E-state index in [9.17, 15) is 19.2 Å². The molecule has 0 unspecified atom stereocenters. The van der Waals surface area contributed by atoms with Crippen LogP contribution >= 0.6 is 0 Å². The van der Waals surface area contributed by atoms with Gasteiger partial charge < -0.3 is 5.73 Å². The maximum atomic E-state index is 12.7. The fourth-order valence-electron chi connectivity index (χ4n) is 3.42. The molecule has 29 heavy (non-hydrogen) atoms. The van der Waals surface area contributed by atoms with Gasteiger partial charge in [-0.2, -0.15) is 9.97 Å². The smallest absolute Gasteiger partial charge is 0.268 e. The van der Waals surface area contributed by atoms with Crippen molar-refractivity contribution in [3.05, 3.63) is 76.9 Å². The topological polar surface area (TPSA) is 127 Å². The van der Waals surface area contributed by atoms with Crippen LogP contribution in [0.25, 0.3) is 0 Å². The van der Waals surface area contributed by atoms with Crippen molar-refractivity contribution in [3.8, 4) is 0 Å². The monoisotopic (exact) mass is 385 g/mol. The van der Waals surface area contributed by atoms with Gasteiger partial charge in [0.1, 0.15) is 5.82 Å². The van der Waals surface area contributed by atoms with Crippen LogP contribution in [0.15, 0.2) is 54.6 Å². The van der Waals surface area contributed by atoms with Crippen molar-refractivity contribution in [2.75, 3.05) is 15.5 Å². The van der Waals surface area contributed by atoms with Crippen molar-refractivity contribution in [2.45, 2.75) is 0 Å². The maximum Gasteiger partial charge on any atom is 0.268 e. The molecule has 0 saturated carbocycles. The average Bonchev–Trinajstić information content (AvgIpc) is 3.13. The minimum atomic E-state index is -0.607. The highest BCUT2D eigenvalue weighted by Gasteiger charge is 2.41. The molecule has 5 rings (SSSR count). The number of rotatable bonds is 2. The Labute approximate surface area is 163 Å². The van der Waals surface area contributed by atoms with Crippen LogP contribution in [0.4, 0.5) is 17.6 Å². The van der Waals surface area contributed by atoms with Crippen LogP contribution in [0.5, 0.6) is 0 Å². The van der Waals surface area contributed by atoms with E-state index in [2.05, 4.69) is 9.97 Å². The van der Waals surface area contributed by atoms with Crippen molar-refractivity contribution in [3.63, 3.8) is 0 Å². The van der Waals surface area contributed by atoms with E-state index in [1.165, 1.54) is 30.3 Å². The Morgan fingerprint density at radius 3 is 1.48 bits per heavy atom. The molecular formula is C20H11N5O4. The number of carbonyl (C=O) groups is 4. The molecule has 0 atom stereocenters. The SMILES string of the molecule is Nc1cc(N2C(=O)c3ccccc3C2=O)nc(N2C(=O)c3ccccc3C2=O)n1. The number of nitrogen functional groups attached to an aromatic ring is 1. The summed E-state index contributed by atoms with van der Waals surface area (Å²) in [4.78, 5) is 60.6. The molecule has 0 fully saturated rings. The van der Waals surface area contributed by atoms with Crippen LogP contribution in [0.1, 0.15) is 41.4 Å². The zero-order valence-corrected chi connectivity index (χ0v) is 14.7. The molecule has 2 aliphatic rings. The molecular weight excluding hydrogens is 374 g/mol. The van der Waals surface area contributed by atoms with Crippen LogP contribution in [0.3, 0.4) is 0 Å². The molecule has 2 N–H and O–H groups in total. The molecule has 0 radical (unpaired) electrons. The molecule has 4 amide bonds. The quantitative estimate of drug-likeness (QED) is 0.665. The summed E-state index contributed by atoms with van der Waals surface area (Å²) in [5.74, 6) is -2.88. The number of amides is 4. The molecule has 2 aliphatic heterocycles. The standard InChI is InChI=1S/C20H11N5O4/c21-14-9-15(24-16(26)10-5-1-2-6-11(10)17(24)27)23-20(22-14)25-18(28)12-7-3-4-8-13(12)19(25)29/h1-9H,(H2,21,22,23). The number of nitrogens with two attached hydrogens (primary N) is 1. The normalized spacial score (nSPS) is 15.2. The second kappa shape index (κ2) is 5.80. The summed E-state index contributed by atoms with van der Waals surface area (Å²) in [6, 6.07) is 13.9. The van der Waals surface area contributed by atoms with E-state index in [0.717, 1.165) is 9.80 Å². The van der Waals surface area contributed by atoms with Crippen LogP contribution in [0.2, 0.25) is 0 Å². The zero-order chi connectivity index (χ0) is 20.3. The molecule has 1 aromatic heterocycles. The zero-order valence-electron chi connectivity index (χ0n) is 14.7. The van der Waals surface area contributed by atoms with Gasteiger partial charge in [-0.15, -0.1) is 0 Å². The van der Waals surface area contributed by atoms with Crippen molar-refractivity contribution in [1.29, 1.82) is 0 Å². The minimum absolute atomic E-state index is 0.0990. The van der Waals surface area contributed by atoms with Crippen molar-refractivity contribution in [2.24, 2.45) is 0 Å². The Bertz CT molecular complexity index is 1110. The lowest BCUT2D eigenvalue weighted by molar-refractivity contribution is 0.0911. The maximum absolute atomic E-state index is 12.7.